The minimum absolute atomic E-state index is 0.378. The van der Waals surface area contributed by atoms with Crippen molar-refractivity contribution in [3.63, 3.8) is 0 Å². The van der Waals surface area contributed by atoms with Crippen molar-refractivity contribution in [1.82, 2.24) is 5.32 Å². The first-order valence-corrected chi connectivity index (χ1v) is 6.59. The molecular weight excluding hydrogens is 250 g/mol. The van der Waals surface area contributed by atoms with Crippen LogP contribution in [0.3, 0.4) is 0 Å². The summed E-state index contributed by atoms with van der Waals surface area (Å²) < 4.78 is 0. The first-order valence-electron chi connectivity index (χ1n) is 6.21. The molecule has 1 heterocycles. The monoisotopic (exact) mass is 267 g/mol. The second kappa shape index (κ2) is 6.07. The Morgan fingerprint density at radius 3 is 3.06 bits per heavy atom. The van der Waals surface area contributed by atoms with Gasteiger partial charge in [0.15, 0.2) is 0 Å². The van der Waals surface area contributed by atoms with Gasteiger partial charge in [-0.25, -0.2) is 0 Å². The summed E-state index contributed by atoms with van der Waals surface area (Å²) in [7, 11) is 0. The number of hydrogen-bond acceptors (Lipinski definition) is 3. The Balaban J connectivity index is 1.96. The first-order chi connectivity index (χ1) is 8.68. The van der Waals surface area contributed by atoms with Gasteiger partial charge in [0, 0.05) is 12.2 Å². The molecule has 0 aromatic heterocycles. The van der Waals surface area contributed by atoms with Gasteiger partial charge in [0.25, 0.3) is 5.91 Å². The maximum atomic E-state index is 11.3. The Morgan fingerprint density at radius 1 is 1.56 bits per heavy atom. The van der Waals surface area contributed by atoms with Crippen molar-refractivity contribution in [2.24, 2.45) is 11.7 Å². The second-order valence-corrected chi connectivity index (χ2v) is 5.01. The zero-order chi connectivity index (χ0) is 13.0. The molecule has 1 aliphatic rings. The maximum Gasteiger partial charge on any atom is 0.252 e. The molecule has 98 valence electrons. The summed E-state index contributed by atoms with van der Waals surface area (Å²) in [5.74, 6) is 0.222. The predicted octanol–water partition coefficient (Wildman–Crippen LogP) is 1.85. The number of carbonyl (C=O) groups is 1. The van der Waals surface area contributed by atoms with Crippen molar-refractivity contribution in [1.29, 1.82) is 0 Å². The molecule has 0 bridgehead atoms. The molecule has 5 heteroatoms. The lowest BCUT2D eigenvalue weighted by molar-refractivity contribution is 0.100. The third-order valence-corrected chi connectivity index (χ3v) is 3.61. The van der Waals surface area contributed by atoms with Gasteiger partial charge in [0.05, 0.1) is 10.6 Å². The van der Waals surface area contributed by atoms with Gasteiger partial charge in [-0.15, -0.1) is 0 Å². The summed E-state index contributed by atoms with van der Waals surface area (Å²) in [5.41, 5.74) is 6.44. The highest BCUT2D eigenvalue weighted by molar-refractivity contribution is 6.34. The summed E-state index contributed by atoms with van der Waals surface area (Å²) in [6, 6.07) is 5.32. The largest absolute Gasteiger partial charge is 0.384 e. The smallest absolute Gasteiger partial charge is 0.252 e. The van der Waals surface area contributed by atoms with E-state index < -0.39 is 5.91 Å². The summed E-state index contributed by atoms with van der Waals surface area (Å²) in [6.45, 7) is 3.02. The lowest BCUT2D eigenvalue weighted by atomic mass is 10.0. The maximum absolute atomic E-state index is 11.3. The van der Waals surface area contributed by atoms with E-state index in [9.17, 15) is 4.79 Å². The average molecular weight is 268 g/mol. The average Bonchev–Trinajstić information content (AvgIpc) is 2.81. The minimum Gasteiger partial charge on any atom is -0.384 e. The number of hydrogen-bond donors (Lipinski definition) is 3. The first kappa shape index (κ1) is 13.2. The number of primary amides is 1. The van der Waals surface area contributed by atoms with Crippen molar-refractivity contribution >= 4 is 23.2 Å². The molecule has 0 radical (unpaired) electrons. The summed E-state index contributed by atoms with van der Waals surface area (Å²) in [6.07, 6.45) is 2.30. The standard InChI is InChI=1S/C13H18ClN3O/c14-10-2-1-3-11(12(10)13(15)18)17-7-5-9-4-6-16-8-9/h1-3,9,16-17H,4-8H2,(H2,15,18). The minimum atomic E-state index is -0.495. The molecule has 4 nitrogen and oxygen atoms in total. The molecule has 2 rings (SSSR count). The molecule has 1 saturated heterocycles. The molecule has 0 aliphatic carbocycles. The number of halogens is 1. The van der Waals surface area contributed by atoms with Crippen LogP contribution in [-0.4, -0.2) is 25.5 Å². The van der Waals surface area contributed by atoms with Crippen LogP contribution in [0.4, 0.5) is 5.69 Å². The van der Waals surface area contributed by atoms with E-state index in [0.29, 0.717) is 16.5 Å². The molecule has 0 spiro atoms. The number of rotatable bonds is 5. The van der Waals surface area contributed by atoms with E-state index in [-0.39, 0.29) is 0 Å². The van der Waals surface area contributed by atoms with Gasteiger partial charge in [-0.2, -0.15) is 0 Å². The van der Waals surface area contributed by atoms with Crippen molar-refractivity contribution in [2.75, 3.05) is 25.0 Å². The van der Waals surface area contributed by atoms with Crippen LogP contribution in [-0.2, 0) is 0 Å². The quantitative estimate of drug-likeness (QED) is 0.763. The number of nitrogens with two attached hydrogens (primary N) is 1. The Bertz CT molecular complexity index is 430. The third kappa shape index (κ3) is 3.15. The fourth-order valence-corrected chi connectivity index (χ4v) is 2.56. The van der Waals surface area contributed by atoms with Crippen LogP contribution in [0.15, 0.2) is 18.2 Å². The molecule has 1 atom stereocenters. The molecule has 1 fully saturated rings. The SMILES string of the molecule is NC(=O)c1c(Cl)cccc1NCCC1CCNC1. The van der Waals surface area contributed by atoms with Crippen molar-refractivity contribution < 1.29 is 4.79 Å². The van der Waals surface area contributed by atoms with Gasteiger partial charge in [0.2, 0.25) is 0 Å². The number of benzene rings is 1. The van der Waals surface area contributed by atoms with Gasteiger partial charge in [-0.05, 0) is 44.0 Å². The van der Waals surface area contributed by atoms with Gasteiger partial charge in [-0.3, -0.25) is 4.79 Å². The molecule has 1 aromatic carbocycles. The van der Waals surface area contributed by atoms with E-state index in [0.717, 1.165) is 31.7 Å². The van der Waals surface area contributed by atoms with Crippen molar-refractivity contribution in [3.8, 4) is 0 Å². The topological polar surface area (TPSA) is 67.2 Å². The van der Waals surface area contributed by atoms with Gasteiger partial charge in [-0.1, -0.05) is 17.7 Å². The predicted molar refractivity (Wildman–Crippen MR) is 74.1 cm³/mol. The molecule has 1 unspecified atom stereocenters. The summed E-state index contributed by atoms with van der Waals surface area (Å²) in [4.78, 5) is 11.3. The van der Waals surface area contributed by atoms with E-state index in [2.05, 4.69) is 10.6 Å². The number of anilines is 1. The summed E-state index contributed by atoms with van der Waals surface area (Å²) >= 11 is 5.98. The van der Waals surface area contributed by atoms with Crippen LogP contribution in [0.5, 0.6) is 0 Å². The molecule has 18 heavy (non-hydrogen) atoms. The summed E-state index contributed by atoms with van der Waals surface area (Å²) in [5, 5.41) is 6.98. The molecule has 4 N–H and O–H groups in total. The molecule has 0 saturated carbocycles. The van der Waals surface area contributed by atoms with Crippen molar-refractivity contribution in [2.45, 2.75) is 12.8 Å². The van der Waals surface area contributed by atoms with E-state index >= 15 is 0 Å². The van der Waals surface area contributed by atoms with E-state index in [1.54, 1.807) is 6.07 Å². The van der Waals surface area contributed by atoms with Gasteiger partial charge < -0.3 is 16.4 Å². The normalized spacial score (nSPS) is 18.8. The Morgan fingerprint density at radius 2 is 2.39 bits per heavy atom. The highest BCUT2D eigenvalue weighted by Crippen LogP contribution is 2.24. The lowest BCUT2D eigenvalue weighted by Crippen LogP contribution is -2.17. The fourth-order valence-electron chi connectivity index (χ4n) is 2.29. The zero-order valence-electron chi connectivity index (χ0n) is 10.2. The molecule has 1 aliphatic heterocycles. The van der Waals surface area contributed by atoms with Crippen LogP contribution in [0.2, 0.25) is 5.02 Å². The fraction of sp³-hybridized carbons (Fsp3) is 0.462. The van der Waals surface area contributed by atoms with Crippen LogP contribution in [0, 0.1) is 5.92 Å². The molecular formula is C13H18ClN3O. The van der Waals surface area contributed by atoms with Crippen LogP contribution < -0.4 is 16.4 Å². The number of amides is 1. The molecule has 1 aromatic rings. The Kier molecular flexibility index (Phi) is 4.44. The third-order valence-electron chi connectivity index (χ3n) is 3.29. The highest BCUT2D eigenvalue weighted by Gasteiger charge is 2.15. The molecule has 1 amide bonds. The van der Waals surface area contributed by atoms with Gasteiger partial charge >= 0.3 is 0 Å². The van der Waals surface area contributed by atoms with Crippen LogP contribution in [0.25, 0.3) is 0 Å². The second-order valence-electron chi connectivity index (χ2n) is 4.60. The van der Waals surface area contributed by atoms with Crippen molar-refractivity contribution in [3.05, 3.63) is 28.8 Å². The lowest BCUT2D eigenvalue weighted by Gasteiger charge is -2.13. The number of carbonyl (C=O) groups excluding carboxylic acids is 1. The number of nitrogens with one attached hydrogen (secondary N) is 2. The zero-order valence-corrected chi connectivity index (χ0v) is 11.0. The Labute approximate surface area is 112 Å². The van der Waals surface area contributed by atoms with E-state index in [4.69, 9.17) is 17.3 Å². The Hall–Kier alpha value is -1.26. The van der Waals surface area contributed by atoms with E-state index in [1.165, 1.54) is 6.42 Å². The highest BCUT2D eigenvalue weighted by atomic mass is 35.5. The van der Waals surface area contributed by atoms with Crippen LogP contribution in [0.1, 0.15) is 23.2 Å². The van der Waals surface area contributed by atoms with Gasteiger partial charge in [0.1, 0.15) is 0 Å². The van der Waals surface area contributed by atoms with E-state index in [1.807, 2.05) is 12.1 Å². The van der Waals surface area contributed by atoms with Crippen LogP contribution >= 0.6 is 11.6 Å².